The van der Waals surface area contributed by atoms with Crippen LogP contribution in [0.15, 0.2) is 224 Å². The van der Waals surface area contributed by atoms with Crippen LogP contribution in [-0.4, -0.2) is 0 Å². The molecule has 10 aromatic carbocycles. The van der Waals surface area contributed by atoms with Gasteiger partial charge in [-0.15, -0.1) is 11.3 Å². The zero-order valence-electron chi connectivity index (χ0n) is 31.7. The molecule has 0 unspecified atom stereocenters. The summed E-state index contributed by atoms with van der Waals surface area (Å²) in [7, 11) is 0. The topological polar surface area (TPSA) is 3.24 Å². The number of fused-ring (bicyclic) bond motifs is 5. The van der Waals surface area contributed by atoms with Gasteiger partial charge in [0.05, 0.1) is 10.4 Å². The summed E-state index contributed by atoms with van der Waals surface area (Å²) in [5.41, 5.74) is 13.1. The van der Waals surface area contributed by atoms with Crippen molar-refractivity contribution in [2.24, 2.45) is 0 Å². The lowest BCUT2D eigenvalue weighted by Gasteiger charge is -2.27. The fourth-order valence-corrected chi connectivity index (χ4v) is 9.83. The standard InChI is InChI=1S/C56H37NS/c1-3-13-38(14-4-1)43-29-27-40-28-30-44(36-46(40)35-43)39-31-33-47(34-32-39)57(53-25-12-24-52-51-21-7-8-26-54(51)58-56(52)53)48-20-9-19-45(37-48)50-23-11-18-42-17-10-22-49(55(42)50)41-15-5-2-6-16-41/h1-37H. The molecule has 0 fully saturated rings. The van der Waals surface area contributed by atoms with Gasteiger partial charge in [0.25, 0.3) is 0 Å². The first-order valence-electron chi connectivity index (χ1n) is 19.8. The lowest BCUT2D eigenvalue weighted by molar-refractivity contribution is 1.30. The van der Waals surface area contributed by atoms with Crippen molar-refractivity contribution in [2.75, 3.05) is 4.90 Å². The summed E-state index contributed by atoms with van der Waals surface area (Å²) in [5.74, 6) is 0. The van der Waals surface area contributed by atoms with Crippen molar-refractivity contribution in [2.45, 2.75) is 0 Å². The van der Waals surface area contributed by atoms with E-state index in [0.29, 0.717) is 0 Å². The van der Waals surface area contributed by atoms with Crippen molar-refractivity contribution in [3.05, 3.63) is 224 Å². The lowest BCUT2D eigenvalue weighted by Crippen LogP contribution is -2.10. The smallest absolute Gasteiger partial charge is 0.0640 e. The first kappa shape index (κ1) is 34.0. The van der Waals surface area contributed by atoms with Gasteiger partial charge in [-0.3, -0.25) is 0 Å². The fraction of sp³-hybridized carbons (Fsp3) is 0. The number of thiophene rings is 1. The minimum atomic E-state index is 1.11. The molecule has 0 saturated carbocycles. The van der Waals surface area contributed by atoms with Gasteiger partial charge in [-0.1, -0.05) is 176 Å². The van der Waals surface area contributed by atoms with Crippen molar-refractivity contribution in [1.29, 1.82) is 0 Å². The highest BCUT2D eigenvalue weighted by atomic mass is 32.1. The number of hydrogen-bond donors (Lipinski definition) is 0. The van der Waals surface area contributed by atoms with Gasteiger partial charge in [-0.05, 0) is 115 Å². The van der Waals surface area contributed by atoms with E-state index in [4.69, 9.17) is 0 Å². The third-order valence-corrected chi connectivity index (χ3v) is 12.6. The molecule has 58 heavy (non-hydrogen) atoms. The molecule has 0 spiro atoms. The van der Waals surface area contributed by atoms with E-state index in [-0.39, 0.29) is 0 Å². The summed E-state index contributed by atoms with van der Waals surface area (Å²) in [6.07, 6.45) is 0. The predicted molar refractivity (Wildman–Crippen MR) is 251 cm³/mol. The van der Waals surface area contributed by atoms with Crippen molar-refractivity contribution in [1.82, 2.24) is 0 Å². The van der Waals surface area contributed by atoms with Crippen LogP contribution in [0.2, 0.25) is 0 Å². The highest BCUT2D eigenvalue weighted by Crippen LogP contribution is 2.46. The van der Waals surface area contributed by atoms with Gasteiger partial charge >= 0.3 is 0 Å². The average Bonchev–Trinajstić information content (AvgIpc) is 3.69. The maximum absolute atomic E-state index is 2.45. The van der Waals surface area contributed by atoms with Gasteiger partial charge in [0.15, 0.2) is 0 Å². The Bertz CT molecular complexity index is 3270. The molecule has 2 heteroatoms. The molecule has 0 aliphatic rings. The van der Waals surface area contributed by atoms with E-state index in [2.05, 4.69) is 229 Å². The van der Waals surface area contributed by atoms with E-state index in [1.165, 1.54) is 91.9 Å². The molecular formula is C56H37NS. The van der Waals surface area contributed by atoms with Gasteiger partial charge in [0.1, 0.15) is 0 Å². The number of rotatable bonds is 7. The van der Waals surface area contributed by atoms with E-state index in [9.17, 15) is 0 Å². The van der Waals surface area contributed by atoms with Crippen LogP contribution in [0, 0.1) is 0 Å². The van der Waals surface area contributed by atoms with E-state index >= 15 is 0 Å². The summed E-state index contributed by atoms with van der Waals surface area (Å²) in [5, 5.41) is 7.55. The maximum Gasteiger partial charge on any atom is 0.0640 e. The zero-order valence-corrected chi connectivity index (χ0v) is 32.5. The van der Waals surface area contributed by atoms with Crippen molar-refractivity contribution >= 4 is 70.1 Å². The molecule has 11 aromatic rings. The number of nitrogens with zero attached hydrogens (tertiary/aromatic N) is 1. The molecule has 0 radical (unpaired) electrons. The van der Waals surface area contributed by atoms with Crippen LogP contribution in [0.3, 0.4) is 0 Å². The van der Waals surface area contributed by atoms with Gasteiger partial charge in [0.2, 0.25) is 0 Å². The fourth-order valence-electron chi connectivity index (χ4n) is 8.63. The van der Waals surface area contributed by atoms with Crippen LogP contribution in [0.4, 0.5) is 17.1 Å². The first-order valence-corrected chi connectivity index (χ1v) is 20.6. The molecule has 272 valence electrons. The van der Waals surface area contributed by atoms with Gasteiger partial charge in [-0.2, -0.15) is 0 Å². The Morgan fingerprint density at radius 3 is 1.62 bits per heavy atom. The predicted octanol–water partition coefficient (Wildman–Crippen LogP) is 16.5. The summed E-state index contributed by atoms with van der Waals surface area (Å²) < 4.78 is 2.57. The second kappa shape index (κ2) is 14.4. The maximum atomic E-state index is 2.45. The Labute approximate surface area is 342 Å². The minimum absolute atomic E-state index is 1.11. The van der Waals surface area contributed by atoms with Crippen molar-refractivity contribution < 1.29 is 0 Å². The normalized spacial score (nSPS) is 11.4. The van der Waals surface area contributed by atoms with Crippen LogP contribution < -0.4 is 4.90 Å². The van der Waals surface area contributed by atoms with Crippen LogP contribution in [0.1, 0.15) is 0 Å². The van der Waals surface area contributed by atoms with Gasteiger partial charge in [0, 0.05) is 26.8 Å². The summed E-state index contributed by atoms with van der Waals surface area (Å²) in [6.45, 7) is 0. The third-order valence-electron chi connectivity index (χ3n) is 11.4. The zero-order chi connectivity index (χ0) is 38.4. The van der Waals surface area contributed by atoms with Crippen molar-refractivity contribution in [3.8, 4) is 44.5 Å². The van der Waals surface area contributed by atoms with Crippen molar-refractivity contribution in [3.63, 3.8) is 0 Å². The third kappa shape index (κ3) is 6.03. The summed E-state index contributed by atoms with van der Waals surface area (Å²) in [6, 6.07) is 81.9. The molecule has 0 aliphatic carbocycles. The molecule has 1 nitrogen and oxygen atoms in total. The highest BCUT2D eigenvalue weighted by Gasteiger charge is 2.20. The van der Waals surface area contributed by atoms with Crippen LogP contribution in [-0.2, 0) is 0 Å². The molecule has 0 amide bonds. The molecule has 0 aliphatic heterocycles. The minimum Gasteiger partial charge on any atom is -0.309 e. The van der Waals surface area contributed by atoms with Crippen LogP contribution in [0.25, 0.3) is 86.2 Å². The molecular weight excluding hydrogens is 719 g/mol. The Kier molecular flexibility index (Phi) is 8.42. The Morgan fingerprint density at radius 1 is 0.310 bits per heavy atom. The number of hydrogen-bond acceptors (Lipinski definition) is 2. The van der Waals surface area contributed by atoms with E-state index in [1.54, 1.807) is 0 Å². The Morgan fingerprint density at radius 2 is 0.879 bits per heavy atom. The number of benzene rings is 10. The number of anilines is 3. The van der Waals surface area contributed by atoms with Crippen LogP contribution in [0.5, 0.6) is 0 Å². The second-order valence-electron chi connectivity index (χ2n) is 14.9. The van der Waals surface area contributed by atoms with Crippen LogP contribution >= 0.6 is 11.3 Å². The van der Waals surface area contributed by atoms with E-state index < -0.39 is 0 Å². The molecule has 1 aromatic heterocycles. The molecule has 0 saturated heterocycles. The monoisotopic (exact) mass is 755 g/mol. The van der Waals surface area contributed by atoms with Gasteiger partial charge in [-0.25, -0.2) is 0 Å². The Balaban J connectivity index is 1.05. The Hall–Kier alpha value is -7.26. The largest absolute Gasteiger partial charge is 0.309 e. The second-order valence-corrected chi connectivity index (χ2v) is 16.0. The molecule has 0 atom stereocenters. The SMILES string of the molecule is c1ccc(-c2ccc3ccc(-c4ccc(N(c5cccc(-c6cccc7cccc(-c8ccccc8)c67)c5)c5cccc6c5sc5ccccc56)cc4)cc3c2)cc1. The molecule has 0 N–H and O–H groups in total. The van der Waals surface area contributed by atoms with E-state index in [1.807, 2.05) is 11.3 Å². The van der Waals surface area contributed by atoms with E-state index in [0.717, 1.165) is 11.4 Å². The molecule has 1 heterocycles. The molecule has 0 bridgehead atoms. The average molecular weight is 756 g/mol. The van der Waals surface area contributed by atoms with Gasteiger partial charge < -0.3 is 4.90 Å². The first-order chi connectivity index (χ1) is 28.7. The quantitative estimate of drug-likeness (QED) is 0.157. The summed E-state index contributed by atoms with van der Waals surface area (Å²) >= 11 is 1.87. The summed E-state index contributed by atoms with van der Waals surface area (Å²) in [4.78, 5) is 2.45. The highest BCUT2D eigenvalue weighted by molar-refractivity contribution is 7.26. The molecule has 11 rings (SSSR count). The lowest BCUT2D eigenvalue weighted by atomic mass is 9.91.